The second-order valence-corrected chi connectivity index (χ2v) is 1.87. The minimum absolute atomic E-state index is 0.192. The maximum absolute atomic E-state index is 12.7. The Hall–Kier alpha value is -1.51. The normalized spacial score (nSPS) is 9.18. The lowest BCUT2D eigenvalue weighted by Gasteiger charge is -2.02. The van der Waals surface area contributed by atoms with Gasteiger partial charge in [0.2, 0.25) is 5.75 Å². The molecular formula is C8H7FO2. The highest BCUT2D eigenvalue weighted by Crippen LogP contribution is 2.28. The molecule has 0 saturated heterocycles. The lowest BCUT2D eigenvalue weighted by atomic mass is 10.3. The van der Waals surface area contributed by atoms with E-state index in [1.807, 2.05) is 0 Å². The smallest absolute Gasteiger partial charge is 0.203 e. The van der Waals surface area contributed by atoms with Crippen molar-refractivity contribution in [1.29, 1.82) is 0 Å². The fraction of sp³-hybridized carbons (Fsp3) is 0. The number of benzene rings is 1. The first kappa shape index (κ1) is 7.60. The molecular weight excluding hydrogens is 147 g/mol. The number of halogens is 1. The summed E-state index contributed by atoms with van der Waals surface area (Å²) in [5, 5.41) is 9.01. The molecule has 0 radical (unpaired) electrons. The number of rotatable bonds is 2. The van der Waals surface area contributed by atoms with Gasteiger partial charge in [-0.2, -0.15) is 0 Å². The molecule has 1 N–H and O–H groups in total. The molecule has 0 aliphatic carbocycles. The zero-order valence-electron chi connectivity index (χ0n) is 5.75. The molecule has 3 heteroatoms. The van der Waals surface area contributed by atoms with Gasteiger partial charge in [-0.25, -0.2) is 4.39 Å². The van der Waals surface area contributed by atoms with Gasteiger partial charge in [-0.3, -0.25) is 0 Å². The number of phenols is 1. The molecule has 0 unspecified atom stereocenters. The molecule has 58 valence electrons. The molecule has 1 rings (SSSR count). The minimum Gasteiger partial charge on any atom is -0.504 e. The van der Waals surface area contributed by atoms with E-state index in [1.165, 1.54) is 18.2 Å². The summed E-state index contributed by atoms with van der Waals surface area (Å²) < 4.78 is 17.3. The van der Waals surface area contributed by atoms with Crippen LogP contribution in [0.1, 0.15) is 0 Å². The predicted molar refractivity (Wildman–Crippen MR) is 38.9 cm³/mol. The number of phenolic OH excluding ortho intramolecular Hbond substituents is 1. The number of ether oxygens (including phenoxy) is 1. The van der Waals surface area contributed by atoms with E-state index in [-0.39, 0.29) is 11.5 Å². The standard InChI is InChI=1S/C8H7FO2/c1-2-11-8-6(9)4-3-5-7(8)10/h2-5,10H,1H2. The van der Waals surface area contributed by atoms with Gasteiger partial charge < -0.3 is 9.84 Å². The van der Waals surface area contributed by atoms with Crippen LogP contribution in [0.3, 0.4) is 0 Å². The zero-order chi connectivity index (χ0) is 8.27. The summed E-state index contributed by atoms with van der Waals surface area (Å²) in [6.45, 7) is 3.24. The predicted octanol–water partition coefficient (Wildman–Crippen LogP) is 2.05. The SMILES string of the molecule is C=COc1c(O)cccc1F. The van der Waals surface area contributed by atoms with Crippen LogP contribution in [-0.4, -0.2) is 5.11 Å². The van der Waals surface area contributed by atoms with E-state index >= 15 is 0 Å². The van der Waals surface area contributed by atoms with Crippen molar-refractivity contribution in [1.82, 2.24) is 0 Å². The van der Waals surface area contributed by atoms with E-state index in [0.717, 1.165) is 6.26 Å². The quantitative estimate of drug-likeness (QED) is 0.660. The fourth-order valence-corrected chi connectivity index (χ4v) is 0.697. The monoisotopic (exact) mass is 154 g/mol. The minimum atomic E-state index is -0.607. The van der Waals surface area contributed by atoms with Crippen LogP contribution in [0.5, 0.6) is 11.5 Å². The lowest BCUT2D eigenvalue weighted by Crippen LogP contribution is -1.85. The molecule has 0 atom stereocenters. The van der Waals surface area contributed by atoms with Gasteiger partial charge in [-0.1, -0.05) is 12.6 Å². The number of hydrogen-bond acceptors (Lipinski definition) is 2. The van der Waals surface area contributed by atoms with Crippen LogP contribution in [0, 0.1) is 5.82 Å². The molecule has 0 fully saturated rings. The fourth-order valence-electron chi connectivity index (χ4n) is 0.697. The maximum atomic E-state index is 12.7. The first-order valence-corrected chi connectivity index (χ1v) is 3.00. The average Bonchev–Trinajstić information content (AvgIpc) is 1.97. The van der Waals surface area contributed by atoms with Gasteiger partial charge in [0.1, 0.15) is 0 Å². The molecule has 2 nitrogen and oxygen atoms in total. The van der Waals surface area contributed by atoms with E-state index in [1.54, 1.807) is 0 Å². The average molecular weight is 154 g/mol. The molecule has 0 bridgehead atoms. The van der Waals surface area contributed by atoms with Crippen molar-refractivity contribution >= 4 is 0 Å². The Morgan fingerprint density at radius 1 is 1.55 bits per heavy atom. The van der Waals surface area contributed by atoms with Gasteiger partial charge in [-0.05, 0) is 12.1 Å². The van der Waals surface area contributed by atoms with Gasteiger partial charge in [0.25, 0.3) is 0 Å². The molecule has 0 heterocycles. The molecule has 0 amide bonds. The Morgan fingerprint density at radius 3 is 2.82 bits per heavy atom. The van der Waals surface area contributed by atoms with Crippen molar-refractivity contribution < 1.29 is 14.2 Å². The van der Waals surface area contributed by atoms with E-state index < -0.39 is 5.82 Å². The van der Waals surface area contributed by atoms with E-state index in [2.05, 4.69) is 11.3 Å². The van der Waals surface area contributed by atoms with Gasteiger partial charge in [0.05, 0.1) is 6.26 Å². The number of para-hydroxylation sites is 1. The van der Waals surface area contributed by atoms with Crippen LogP contribution in [0.25, 0.3) is 0 Å². The van der Waals surface area contributed by atoms with Crippen LogP contribution in [0.2, 0.25) is 0 Å². The Morgan fingerprint density at radius 2 is 2.27 bits per heavy atom. The van der Waals surface area contributed by atoms with Crippen molar-refractivity contribution in [2.45, 2.75) is 0 Å². The highest BCUT2D eigenvalue weighted by Gasteiger charge is 2.06. The van der Waals surface area contributed by atoms with Crippen LogP contribution < -0.4 is 4.74 Å². The highest BCUT2D eigenvalue weighted by molar-refractivity contribution is 5.39. The molecule has 11 heavy (non-hydrogen) atoms. The lowest BCUT2D eigenvalue weighted by molar-refractivity contribution is 0.388. The number of hydrogen-bond donors (Lipinski definition) is 1. The van der Waals surface area contributed by atoms with Gasteiger partial charge >= 0.3 is 0 Å². The van der Waals surface area contributed by atoms with E-state index in [4.69, 9.17) is 5.11 Å². The molecule has 0 spiro atoms. The van der Waals surface area contributed by atoms with Crippen molar-refractivity contribution in [3.63, 3.8) is 0 Å². The summed E-state index contributed by atoms with van der Waals surface area (Å²) in [6.07, 6.45) is 1.05. The largest absolute Gasteiger partial charge is 0.504 e. The third kappa shape index (κ3) is 1.49. The Kier molecular flexibility index (Phi) is 2.11. The second-order valence-electron chi connectivity index (χ2n) is 1.87. The molecule has 0 saturated carbocycles. The summed E-state index contributed by atoms with van der Waals surface area (Å²) in [5.74, 6) is -1.03. The second kappa shape index (κ2) is 3.05. The Balaban J connectivity index is 3.09. The van der Waals surface area contributed by atoms with Gasteiger partial charge in [-0.15, -0.1) is 0 Å². The first-order chi connectivity index (χ1) is 5.25. The molecule has 0 aliphatic rings. The highest BCUT2D eigenvalue weighted by atomic mass is 19.1. The van der Waals surface area contributed by atoms with Crippen LogP contribution >= 0.6 is 0 Å². The van der Waals surface area contributed by atoms with Crippen molar-refractivity contribution in [2.24, 2.45) is 0 Å². The maximum Gasteiger partial charge on any atom is 0.203 e. The topological polar surface area (TPSA) is 29.5 Å². The van der Waals surface area contributed by atoms with Gasteiger partial charge in [0, 0.05) is 0 Å². The Labute approximate surface area is 63.5 Å². The summed E-state index contributed by atoms with van der Waals surface area (Å²) >= 11 is 0. The van der Waals surface area contributed by atoms with E-state index in [0.29, 0.717) is 0 Å². The number of aromatic hydroxyl groups is 1. The molecule has 0 aromatic heterocycles. The van der Waals surface area contributed by atoms with Gasteiger partial charge in [0.15, 0.2) is 11.6 Å². The van der Waals surface area contributed by atoms with Crippen LogP contribution in [-0.2, 0) is 0 Å². The van der Waals surface area contributed by atoms with Crippen LogP contribution in [0.15, 0.2) is 31.0 Å². The first-order valence-electron chi connectivity index (χ1n) is 3.00. The Bertz CT molecular complexity index is 251. The molecule has 0 aliphatic heterocycles. The zero-order valence-corrected chi connectivity index (χ0v) is 5.75. The van der Waals surface area contributed by atoms with Crippen LogP contribution in [0.4, 0.5) is 4.39 Å². The van der Waals surface area contributed by atoms with E-state index in [9.17, 15) is 4.39 Å². The van der Waals surface area contributed by atoms with Crippen molar-refractivity contribution in [2.75, 3.05) is 0 Å². The molecule has 1 aromatic rings. The third-order valence-electron chi connectivity index (χ3n) is 1.15. The molecule has 1 aromatic carbocycles. The summed E-state index contributed by atoms with van der Waals surface area (Å²) in [4.78, 5) is 0. The third-order valence-corrected chi connectivity index (χ3v) is 1.15. The summed E-state index contributed by atoms with van der Waals surface area (Å²) in [7, 11) is 0. The summed E-state index contributed by atoms with van der Waals surface area (Å²) in [5.41, 5.74) is 0. The summed E-state index contributed by atoms with van der Waals surface area (Å²) in [6, 6.07) is 3.92. The van der Waals surface area contributed by atoms with Crippen molar-refractivity contribution in [3.05, 3.63) is 36.9 Å². The van der Waals surface area contributed by atoms with Crippen molar-refractivity contribution in [3.8, 4) is 11.5 Å².